The summed E-state index contributed by atoms with van der Waals surface area (Å²) in [6, 6.07) is 4.72. The molecule has 0 bridgehead atoms. The highest BCUT2D eigenvalue weighted by molar-refractivity contribution is 5.38. The number of aromatic nitrogens is 1. The van der Waals surface area contributed by atoms with Gasteiger partial charge in [0.1, 0.15) is 5.82 Å². The molecule has 0 spiro atoms. The smallest absolute Gasteiger partial charge is 0.127 e. The Kier molecular flexibility index (Phi) is 4.77. The van der Waals surface area contributed by atoms with Crippen LogP contribution in [0.3, 0.4) is 0 Å². The number of rotatable bonds is 4. The number of likely N-dealkylation sites (tertiary alicyclic amines) is 1. The van der Waals surface area contributed by atoms with Gasteiger partial charge in [0.2, 0.25) is 0 Å². The zero-order valence-corrected chi connectivity index (χ0v) is 12.3. The van der Waals surface area contributed by atoms with Crippen LogP contribution in [0.1, 0.15) is 25.3 Å². The molecule has 1 atom stereocenters. The van der Waals surface area contributed by atoms with Crippen LogP contribution in [-0.2, 0) is 6.54 Å². The van der Waals surface area contributed by atoms with E-state index in [4.69, 9.17) is 5.73 Å². The van der Waals surface area contributed by atoms with Gasteiger partial charge in [0.15, 0.2) is 0 Å². The van der Waals surface area contributed by atoms with Gasteiger partial charge in [-0.1, -0.05) is 6.07 Å². The Labute approximate surface area is 116 Å². The number of hydrogen-bond donors (Lipinski definition) is 1. The number of nitrogens with two attached hydrogens (primary N) is 1. The summed E-state index contributed by atoms with van der Waals surface area (Å²) in [7, 11) is 4.35. The highest BCUT2D eigenvalue weighted by Gasteiger charge is 2.25. The lowest BCUT2D eigenvalue weighted by molar-refractivity contribution is 0.121. The van der Waals surface area contributed by atoms with Crippen molar-refractivity contribution in [2.24, 2.45) is 5.92 Å². The molecule has 2 heterocycles. The van der Waals surface area contributed by atoms with Crippen molar-refractivity contribution in [3.8, 4) is 0 Å². The van der Waals surface area contributed by atoms with Crippen molar-refractivity contribution < 1.29 is 0 Å². The number of nitrogen functional groups attached to an aromatic ring is 1. The van der Waals surface area contributed by atoms with Gasteiger partial charge in [-0.25, -0.2) is 4.98 Å². The summed E-state index contributed by atoms with van der Waals surface area (Å²) >= 11 is 0. The molecular formula is C15H26N4. The van der Waals surface area contributed by atoms with E-state index in [0.717, 1.165) is 31.1 Å². The molecule has 0 saturated carbocycles. The first-order valence-corrected chi connectivity index (χ1v) is 7.16. The normalized spacial score (nSPS) is 19.8. The van der Waals surface area contributed by atoms with Crippen LogP contribution >= 0.6 is 0 Å². The molecule has 0 unspecified atom stereocenters. The van der Waals surface area contributed by atoms with Gasteiger partial charge in [0.05, 0.1) is 0 Å². The second-order valence-corrected chi connectivity index (χ2v) is 5.87. The zero-order valence-electron chi connectivity index (χ0n) is 12.3. The lowest BCUT2D eigenvalue weighted by atomic mass is 9.89. The molecule has 2 rings (SSSR count). The van der Waals surface area contributed by atoms with Crippen LogP contribution in [0, 0.1) is 5.92 Å². The fourth-order valence-electron chi connectivity index (χ4n) is 2.84. The molecule has 0 amide bonds. The van der Waals surface area contributed by atoms with Gasteiger partial charge >= 0.3 is 0 Å². The lowest BCUT2D eigenvalue weighted by Crippen LogP contribution is -2.41. The van der Waals surface area contributed by atoms with E-state index in [1.807, 2.05) is 6.07 Å². The summed E-state index contributed by atoms with van der Waals surface area (Å²) in [6.45, 7) is 5.59. The Balaban J connectivity index is 1.86. The first-order valence-electron chi connectivity index (χ1n) is 7.16. The first-order chi connectivity index (χ1) is 9.08. The zero-order chi connectivity index (χ0) is 13.8. The molecule has 2 N–H and O–H groups in total. The molecule has 1 aliphatic rings. The first kappa shape index (κ1) is 14.3. The quantitative estimate of drug-likeness (QED) is 0.899. The van der Waals surface area contributed by atoms with E-state index in [0.29, 0.717) is 11.9 Å². The van der Waals surface area contributed by atoms with Crippen molar-refractivity contribution in [3.63, 3.8) is 0 Å². The molecule has 1 fully saturated rings. The number of piperidine rings is 1. The minimum atomic E-state index is 0.672. The van der Waals surface area contributed by atoms with Crippen LogP contribution in [0.4, 0.5) is 5.82 Å². The van der Waals surface area contributed by atoms with E-state index < -0.39 is 0 Å². The van der Waals surface area contributed by atoms with Crippen LogP contribution in [-0.4, -0.2) is 48.0 Å². The average molecular weight is 262 g/mol. The van der Waals surface area contributed by atoms with Crippen molar-refractivity contribution >= 4 is 5.82 Å². The minimum Gasteiger partial charge on any atom is -0.383 e. The van der Waals surface area contributed by atoms with E-state index in [1.165, 1.54) is 12.8 Å². The van der Waals surface area contributed by atoms with Gasteiger partial charge < -0.3 is 10.6 Å². The van der Waals surface area contributed by atoms with Crippen LogP contribution in [0.25, 0.3) is 0 Å². The SMILES string of the molecule is C[C@@H](C1CCN(Cc2cccnc2N)CC1)N(C)C. The maximum Gasteiger partial charge on any atom is 0.127 e. The molecule has 106 valence electrons. The lowest BCUT2D eigenvalue weighted by Gasteiger charge is -2.37. The summed E-state index contributed by atoms with van der Waals surface area (Å²) < 4.78 is 0. The molecule has 1 aromatic rings. The van der Waals surface area contributed by atoms with Gasteiger partial charge in [-0.2, -0.15) is 0 Å². The number of nitrogens with zero attached hydrogens (tertiary/aromatic N) is 3. The average Bonchev–Trinajstić information content (AvgIpc) is 2.41. The maximum absolute atomic E-state index is 5.91. The molecule has 1 aliphatic heterocycles. The summed E-state index contributed by atoms with van der Waals surface area (Å²) in [5, 5.41) is 0. The standard InChI is InChI=1S/C15H26N4/c1-12(18(2)3)13-6-9-19(10-7-13)11-14-5-4-8-17-15(14)16/h4-5,8,12-13H,6-7,9-11H2,1-3H3,(H2,16,17)/t12-/m0/s1. The Morgan fingerprint density at radius 1 is 1.42 bits per heavy atom. The van der Waals surface area contributed by atoms with Gasteiger partial charge in [0.25, 0.3) is 0 Å². The summed E-state index contributed by atoms with van der Waals surface area (Å²) in [6.07, 6.45) is 4.31. The summed E-state index contributed by atoms with van der Waals surface area (Å²) in [5.41, 5.74) is 7.06. The number of anilines is 1. The Bertz CT molecular complexity index is 397. The third-order valence-electron chi connectivity index (χ3n) is 4.45. The van der Waals surface area contributed by atoms with E-state index in [9.17, 15) is 0 Å². The monoisotopic (exact) mass is 262 g/mol. The van der Waals surface area contributed by atoms with E-state index in [1.54, 1.807) is 6.20 Å². The van der Waals surface area contributed by atoms with Crippen molar-refractivity contribution in [2.75, 3.05) is 32.9 Å². The molecule has 0 aliphatic carbocycles. The highest BCUT2D eigenvalue weighted by atomic mass is 15.1. The molecule has 0 radical (unpaired) electrons. The Morgan fingerprint density at radius 2 is 2.11 bits per heavy atom. The fraction of sp³-hybridized carbons (Fsp3) is 0.667. The summed E-state index contributed by atoms with van der Waals surface area (Å²) in [5.74, 6) is 1.49. The van der Waals surface area contributed by atoms with Crippen molar-refractivity contribution in [1.82, 2.24) is 14.8 Å². The Morgan fingerprint density at radius 3 is 2.68 bits per heavy atom. The molecule has 1 aromatic heterocycles. The molecule has 19 heavy (non-hydrogen) atoms. The highest BCUT2D eigenvalue weighted by Crippen LogP contribution is 2.24. The summed E-state index contributed by atoms with van der Waals surface area (Å²) in [4.78, 5) is 8.98. The van der Waals surface area contributed by atoms with Gasteiger partial charge in [-0.3, -0.25) is 4.90 Å². The van der Waals surface area contributed by atoms with Crippen molar-refractivity contribution in [1.29, 1.82) is 0 Å². The number of pyridine rings is 1. The van der Waals surface area contributed by atoms with Gasteiger partial charge in [-0.15, -0.1) is 0 Å². The van der Waals surface area contributed by atoms with Crippen LogP contribution in [0.15, 0.2) is 18.3 Å². The molecule has 4 heteroatoms. The van der Waals surface area contributed by atoms with Crippen LogP contribution in [0.5, 0.6) is 0 Å². The fourth-order valence-corrected chi connectivity index (χ4v) is 2.84. The second-order valence-electron chi connectivity index (χ2n) is 5.87. The molecule has 4 nitrogen and oxygen atoms in total. The topological polar surface area (TPSA) is 45.4 Å². The van der Waals surface area contributed by atoms with Crippen LogP contribution < -0.4 is 5.73 Å². The minimum absolute atomic E-state index is 0.672. The van der Waals surface area contributed by atoms with Crippen LogP contribution in [0.2, 0.25) is 0 Å². The van der Waals surface area contributed by atoms with Gasteiger partial charge in [-0.05, 0) is 58.9 Å². The Hall–Kier alpha value is -1.13. The predicted octanol–water partition coefficient (Wildman–Crippen LogP) is 1.83. The van der Waals surface area contributed by atoms with E-state index in [2.05, 4.69) is 41.9 Å². The third kappa shape index (κ3) is 3.67. The maximum atomic E-state index is 5.91. The molecule has 0 aromatic carbocycles. The largest absolute Gasteiger partial charge is 0.383 e. The van der Waals surface area contributed by atoms with Crippen molar-refractivity contribution in [2.45, 2.75) is 32.4 Å². The number of hydrogen-bond acceptors (Lipinski definition) is 4. The van der Waals surface area contributed by atoms with E-state index >= 15 is 0 Å². The molecular weight excluding hydrogens is 236 g/mol. The third-order valence-corrected chi connectivity index (χ3v) is 4.45. The van der Waals surface area contributed by atoms with Gasteiger partial charge in [0, 0.05) is 24.3 Å². The van der Waals surface area contributed by atoms with E-state index in [-0.39, 0.29) is 0 Å². The molecule has 1 saturated heterocycles. The predicted molar refractivity (Wildman–Crippen MR) is 79.8 cm³/mol. The second kappa shape index (κ2) is 6.35. The van der Waals surface area contributed by atoms with Crippen molar-refractivity contribution in [3.05, 3.63) is 23.9 Å².